The van der Waals surface area contributed by atoms with Gasteiger partial charge in [-0.1, -0.05) is 32.0 Å². The molecular weight excluding hydrogens is 224 g/mol. The van der Waals surface area contributed by atoms with E-state index in [2.05, 4.69) is 48.3 Å². The minimum Gasteiger partial charge on any atom is -0.395 e. The molecule has 0 fully saturated rings. The second-order valence-corrected chi connectivity index (χ2v) is 4.62. The lowest BCUT2D eigenvalue weighted by molar-refractivity contribution is 0.304. The van der Waals surface area contributed by atoms with Crippen LogP contribution in [0.25, 0.3) is 0 Å². The summed E-state index contributed by atoms with van der Waals surface area (Å²) in [5.74, 6) is 0. The molecule has 2 N–H and O–H groups in total. The van der Waals surface area contributed by atoms with Gasteiger partial charge in [0.1, 0.15) is 0 Å². The maximum Gasteiger partial charge on any atom is 0.0606 e. The van der Waals surface area contributed by atoms with Gasteiger partial charge in [-0.25, -0.2) is 0 Å². The fraction of sp³-hybridized carbons (Fsp3) is 0.600. The van der Waals surface area contributed by atoms with Crippen molar-refractivity contribution < 1.29 is 5.11 Å². The van der Waals surface area contributed by atoms with Gasteiger partial charge >= 0.3 is 0 Å². The van der Waals surface area contributed by atoms with Crippen LogP contribution < -0.4 is 10.2 Å². The summed E-state index contributed by atoms with van der Waals surface area (Å²) >= 11 is 0. The van der Waals surface area contributed by atoms with Gasteiger partial charge in [-0.15, -0.1) is 0 Å². The molecule has 0 aliphatic carbocycles. The zero-order chi connectivity index (χ0) is 13.4. The molecule has 1 aromatic carbocycles. The average molecular weight is 250 g/mol. The number of aliphatic hydroxyl groups is 1. The summed E-state index contributed by atoms with van der Waals surface area (Å²) < 4.78 is 0. The lowest BCUT2D eigenvalue weighted by Gasteiger charge is -2.26. The molecule has 1 aromatic rings. The molecular formula is C15H26N2O. The lowest BCUT2D eigenvalue weighted by atomic mass is 10.0. The topological polar surface area (TPSA) is 35.5 Å². The third kappa shape index (κ3) is 4.00. The molecule has 0 saturated heterocycles. The summed E-state index contributed by atoms with van der Waals surface area (Å²) in [6.45, 7) is 6.28. The number of hydrogen-bond acceptors (Lipinski definition) is 3. The normalized spacial score (nSPS) is 12.4. The summed E-state index contributed by atoms with van der Waals surface area (Å²) in [7, 11) is 2.03. The molecule has 1 atom stereocenters. The Balaban J connectivity index is 2.91. The van der Waals surface area contributed by atoms with E-state index < -0.39 is 0 Å². The first kappa shape index (κ1) is 15.0. The Hall–Kier alpha value is -1.06. The van der Waals surface area contributed by atoms with Crippen LogP contribution in [0.1, 0.15) is 38.3 Å². The van der Waals surface area contributed by atoms with Crippen molar-refractivity contribution in [2.45, 2.75) is 32.7 Å². The first-order valence-electron chi connectivity index (χ1n) is 6.88. The molecule has 0 aromatic heterocycles. The smallest absolute Gasteiger partial charge is 0.0606 e. The van der Waals surface area contributed by atoms with Crippen LogP contribution in [0, 0.1) is 0 Å². The van der Waals surface area contributed by atoms with Crippen molar-refractivity contribution in [3.05, 3.63) is 29.8 Å². The zero-order valence-electron chi connectivity index (χ0n) is 11.8. The Kier molecular flexibility index (Phi) is 6.76. The summed E-state index contributed by atoms with van der Waals surface area (Å²) in [4.78, 5) is 2.12. The number of hydrogen-bond donors (Lipinski definition) is 2. The Labute approximate surface area is 111 Å². The number of rotatable bonds is 8. The van der Waals surface area contributed by atoms with Gasteiger partial charge in [0.05, 0.1) is 6.61 Å². The monoisotopic (exact) mass is 250 g/mol. The number of para-hydroxylation sites is 1. The standard InChI is InChI=1S/C15H26N2O/c1-4-10-16-14(5-2)13-8-6-7-9-15(13)17(3)11-12-18/h6-9,14,16,18H,4-5,10-12H2,1-3H3. The number of aliphatic hydroxyl groups excluding tert-OH is 1. The fourth-order valence-corrected chi connectivity index (χ4v) is 2.19. The van der Waals surface area contributed by atoms with Crippen molar-refractivity contribution in [1.29, 1.82) is 0 Å². The molecule has 0 radical (unpaired) electrons. The van der Waals surface area contributed by atoms with Crippen molar-refractivity contribution >= 4 is 5.69 Å². The molecule has 18 heavy (non-hydrogen) atoms. The molecule has 0 bridgehead atoms. The van der Waals surface area contributed by atoms with Gasteiger partial charge in [-0.05, 0) is 31.0 Å². The van der Waals surface area contributed by atoms with Crippen LogP contribution in [0.3, 0.4) is 0 Å². The minimum absolute atomic E-state index is 0.185. The highest BCUT2D eigenvalue weighted by molar-refractivity contribution is 5.54. The van der Waals surface area contributed by atoms with E-state index in [4.69, 9.17) is 5.11 Å². The molecule has 3 heteroatoms. The Morgan fingerprint density at radius 2 is 2.00 bits per heavy atom. The molecule has 0 spiro atoms. The molecule has 0 aliphatic heterocycles. The van der Waals surface area contributed by atoms with Crippen LogP contribution in [0.15, 0.2) is 24.3 Å². The summed E-state index contributed by atoms with van der Waals surface area (Å²) in [6, 6.07) is 8.84. The van der Waals surface area contributed by atoms with E-state index in [1.807, 2.05) is 7.05 Å². The van der Waals surface area contributed by atoms with Crippen molar-refractivity contribution in [1.82, 2.24) is 5.32 Å². The Morgan fingerprint density at radius 3 is 2.61 bits per heavy atom. The van der Waals surface area contributed by atoms with Gasteiger partial charge in [-0.2, -0.15) is 0 Å². The lowest BCUT2D eigenvalue weighted by Crippen LogP contribution is -2.27. The largest absolute Gasteiger partial charge is 0.395 e. The third-order valence-electron chi connectivity index (χ3n) is 3.21. The van der Waals surface area contributed by atoms with Gasteiger partial charge < -0.3 is 15.3 Å². The molecule has 0 aliphatic rings. The molecule has 1 unspecified atom stereocenters. The van der Waals surface area contributed by atoms with Crippen molar-refractivity contribution in [2.75, 3.05) is 31.6 Å². The Morgan fingerprint density at radius 1 is 1.28 bits per heavy atom. The maximum absolute atomic E-state index is 9.07. The van der Waals surface area contributed by atoms with Crippen LogP contribution >= 0.6 is 0 Å². The number of benzene rings is 1. The zero-order valence-corrected chi connectivity index (χ0v) is 11.8. The van der Waals surface area contributed by atoms with E-state index in [1.165, 1.54) is 11.3 Å². The van der Waals surface area contributed by atoms with E-state index in [0.29, 0.717) is 12.6 Å². The molecule has 0 heterocycles. The first-order chi connectivity index (χ1) is 8.74. The number of anilines is 1. The summed E-state index contributed by atoms with van der Waals surface area (Å²) in [6.07, 6.45) is 2.22. The number of likely N-dealkylation sites (N-methyl/N-ethyl adjacent to an activating group) is 1. The third-order valence-corrected chi connectivity index (χ3v) is 3.21. The minimum atomic E-state index is 0.185. The number of nitrogens with zero attached hydrogens (tertiary/aromatic N) is 1. The van der Waals surface area contributed by atoms with Crippen molar-refractivity contribution in [3.8, 4) is 0 Å². The fourth-order valence-electron chi connectivity index (χ4n) is 2.19. The molecule has 0 saturated carbocycles. The van der Waals surface area contributed by atoms with Crippen LogP contribution in [-0.2, 0) is 0 Å². The van der Waals surface area contributed by atoms with Crippen LogP contribution in [-0.4, -0.2) is 31.9 Å². The van der Waals surface area contributed by atoms with E-state index in [1.54, 1.807) is 0 Å². The first-order valence-corrected chi connectivity index (χ1v) is 6.88. The van der Waals surface area contributed by atoms with Crippen LogP contribution in [0.2, 0.25) is 0 Å². The van der Waals surface area contributed by atoms with E-state index >= 15 is 0 Å². The molecule has 1 rings (SSSR count). The van der Waals surface area contributed by atoms with Crippen LogP contribution in [0.4, 0.5) is 5.69 Å². The quantitative estimate of drug-likeness (QED) is 0.744. The van der Waals surface area contributed by atoms with E-state index in [-0.39, 0.29) is 6.61 Å². The molecule has 102 valence electrons. The SMILES string of the molecule is CCCNC(CC)c1ccccc1N(C)CCO. The van der Waals surface area contributed by atoms with Gasteiger partial charge in [0, 0.05) is 25.3 Å². The second kappa shape index (κ2) is 8.11. The molecule has 0 amide bonds. The van der Waals surface area contributed by atoms with Gasteiger partial charge in [0.15, 0.2) is 0 Å². The highest BCUT2D eigenvalue weighted by Crippen LogP contribution is 2.27. The van der Waals surface area contributed by atoms with E-state index in [9.17, 15) is 0 Å². The Bertz CT molecular complexity index is 341. The van der Waals surface area contributed by atoms with Gasteiger partial charge in [0.2, 0.25) is 0 Å². The van der Waals surface area contributed by atoms with Crippen LogP contribution in [0.5, 0.6) is 0 Å². The van der Waals surface area contributed by atoms with Gasteiger partial charge in [0.25, 0.3) is 0 Å². The van der Waals surface area contributed by atoms with Gasteiger partial charge in [-0.3, -0.25) is 0 Å². The maximum atomic E-state index is 9.07. The number of nitrogens with one attached hydrogen (secondary N) is 1. The second-order valence-electron chi connectivity index (χ2n) is 4.62. The summed E-state index contributed by atoms with van der Waals surface area (Å²) in [5.41, 5.74) is 2.53. The summed E-state index contributed by atoms with van der Waals surface area (Å²) in [5, 5.41) is 12.7. The molecule has 3 nitrogen and oxygen atoms in total. The predicted octanol–water partition coefficient (Wildman–Crippen LogP) is 2.57. The van der Waals surface area contributed by atoms with E-state index in [0.717, 1.165) is 19.4 Å². The highest BCUT2D eigenvalue weighted by Gasteiger charge is 2.14. The average Bonchev–Trinajstić information content (AvgIpc) is 2.40. The highest BCUT2D eigenvalue weighted by atomic mass is 16.3. The predicted molar refractivity (Wildman–Crippen MR) is 78.1 cm³/mol. The van der Waals surface area contributed by atoms with Crippen molar-refractivity contribution in [3.63, 3.8) is 0 Å². The van der Waals surface area contributed by atoms with Crippen molar-refractivity contribution in [2.24, 2.45) is 0 Å².